The molecule has 2 aromatic rings. The van der Waals surface area contributed by atoms with Crippen molar-refractivity contribution in [3.63, 3.8) is 0 Å². The molecule has 3 nitrogen and oxygen atoms in total. The van der Waals surface area contributed by atoms with Gasteiger partial charge in [0.05, 0.1) is 22.5 Å². The molecule has 0 aliphatic heterocycles. The minimum absolute atomic E-state index is 0.137. The van der Waals surface area contributed by atoms with Crippen molar-refractivity contribution in [1.82, 2.24) is 0 Å². The second-order valence-corrected chi connectivity index (χ2v) is 4.31. The standard InChI is InChI=1S/C11H6BrClFNO2/c12-10-7(3-4-17-10)11(16)15-9-2-1-6(14)5-8(9)13/h1-5H,(H,15,16). The number of anilines is 1. The van der Waals surface area contributed by atoms with Crippen LogP contribution in [0.1, 0.15) is 10.4 Å². The lowest BCUT2D eigenvalue weighted by molar-refractivity contribution is 0.102. The Kier molecular flexibility index (Phi) is 3.49. The SMILES string of the molecule is O=C(Nc1ccc(F)cc1Cl)c1ccoc1Br. The zero-order valence-electron chi connectivity index (χ0n) is 8.34. The van der Waals surface area contributed by atoms with E-state index >= 15 is 0 Å². The molecule has 1 heterocycles. The second kappa shape index (κ2) is 4.89. The Balaban J connectivity index is 2.22. The van der Waals surface area contributed by atoms with Crippen molar-refractivity contribution in [1.29, 1.82) is 0 Å². The van der Waals surface area contributed by atoms with Crippen LogP contribution in [0.2, 0.25) is 5.02 Å². The van der Waals surface area contributed by atoms with Crippen LogP contribution >= 0.6 is 27.5 Å². The molecule has 2 rings (SSSR count). The summed E-state index contributed by atoms with van der Waals surface area (Å²) in [6.07, 6.45) is 1.38. The molecule has 0 saturated heterocycles. The van der Waals surface area contributed by atoms with E-state index in [1.54, 1.807) is 0 Å². The van der Waals surface area contributed by atoms with E-state index in [1.807, 2.05) is 0 Å². The van der Waals surface area contributed by atoms with Gasteiger partial charge in [-0.1, -0.05) is 11.6 Å². The molecule has 6 heteroatoms. The fourth-order valence-corrected chi connectivity index (χ4v) is 1.87. The molecule has 0 atom stereocenters. The van der Waals surface area contributed by atoms with E-state index < -0.39 is 5.82 Å². The van der Waals surface area contributed by atoms with E-state index in [2.05, 4.69) is 21.2 Å². The maximum Gasteiger partial charge on any atom is 0.260 e. The van der Waals surface area contributed by atoms with Crippen LogP contribution in [-0.2, 0) is 0 Å². The molecule has 17 heavy (non-hydrogen) atoms. The molecular weight excluding hydrogens is 312 g/mol. The molecule has 0 bridgehead atoms. The highest BCUT2D eigenvalue weighted by molar-refractivity contribution is 9.10. The van der Waals surface area contributed by atoms with Crippen LogP contribution in [0.3, 0.4) is 0 Å². The zero-order chi connectivity index (χ0) is 12.4. The van der Waals surface area contributed by atoms with Crippen molar-refractivity contribution in [3.8, 4) is 0 Å². The van der Waals surface area contributed by atoms with Crippen molar-refractivity contribution < 1.29 is 13.6 Å². The first-order valence-electron chi connectivity index (χ1n) is 4.57. The summed E-state index contributed by atoms with van der Waals surface area (Å²) in [5.74, 6) is -0.850. The number of hydrogen-bond acceptors (Lipinski definition) is 2. The van der Waals surface area contributed by atoms with E-state index in [9.17, 15) is 9.18 Å². The number of amides is 1. The van der Waals surface area contributed by atoms with Crippen molar-refractivity contribution in [2.45, 2.75) is 0 Å². The minimum atomic E-state index is -0.461. The predicted molar refractivity (Wildman–Crippen MR) is 65.8 cm³/mol. The second-order valence-electron chi connectivity index (χ2n) is 3.19. The average Bonchev–Trinajstić information content (AvgIpc) is 2.68. The van der Waals surface area contributed by atoms with Crippen LogP contribution in [0.5, 0.6) is 0 Å². The Morgan fingerprint density at radius 2 is 2.18 bits per heavy atom. The molecule has 88 valence electrons. The maximum atomic E-state index is 12.8. The first kappa shape index (κ1) is 12.1. The van der Waals surface area contributed by atoms with Crippen LogP contribution in [0.4, 0.5) is 10.1 Å². The van der Waals surface area contributed by atoms with Gasteiger partial charge in [0.25, 0.3) is 5.91 Å². The highest BCUT2D eigenvalue weighted by atomic mass is 79.9. The molecule has 0 spiro atoms. The van der Waals surface area contributed by atoms with Crippen molar-refractivity contribution in [2.24, 2.45) is 0 Å². The van der Waals surface area contributed by atoms with Gasteiger partial charge in [0.2, 0.25) is 0 Å². The lowest BCUT2D eigenvalue weighted by Gasteiger charge is -2.05. The summed E-state index contributed by atoms with van der Waals surface area (Å²) in [5.41, 5.74) is 0.677. The first-order valence-corrected chi connectivity index (χ1v) is 5.74. The molecule has 1 amide bonds. The van der Waals surface area contributed by atoms with E-state index in [1.165, 1.54) is 24.5 Å². The molecule has 0 aliphatic carbocycles. The Bertz CT molecular complexity index is 570. The summed E-state index contributed by atoms with van der Waals surface area (Å²) in [4.78, 5) is 11.8. The lowest BCUT2D eigenvalue weighted by Crippen LogP contribution is -2.11. The number of benzene rings is 1. The van der Waals surface area contributed by atoms with Gasteiger partial charge in [-0.15, -0.1) is 0 Å². The number of rotatable bonds is 2. The summed E-state index contributed by atoms with van der Waals surface area (Å²) in [6.45, 7) is 0. The Morgan fingerprint density at radius 3 is 2.76 bits per heavy atom. The maximum absolute atomic E-state index is 12.8. The monoisotopic (exact) mass is 317 g/mol. The first-order chi connectivity index (χ1) is 8.08. The van der Waals surface area contributed by atoms with Crippen LogP contribution in [0.25, 0.3) is 0 Å². The third kappa shape index (κ3) is 2.68. The topological polar surface area (TPSA) is 42.2 Å². The molecule has 0 aliphatic rings. The number of halogens is 3. The summed E-state index contributed by atoms with van der Waals surface area (Å²) >= 11 is 8.87. The van der Waals surface area contributed by atoms with Crippen molar-refractivity contribution in [2.75, 3.05) is 5.32 Å². The largest absolute Gasteiger partial charge is 0.457 e. The smallest absolute Gasteiger partial charge is 0.260 e. The van der Waals surface area contributed by atoms with Gasteiger partial charge in [-0.3, -0.25) is 4.79 Å². The van der Waals surface area contributed by atoms with Gasteiger partial charge >= 0.3 is 0 Å². The van der Waals surface area contributed by atoms with Gasteiger partial charge in [-0.05, 0) is 40.2 Å². The van der Waals surface area contributed by atoms with Gasteiger partial charge < -0.3 is 9.73 Å². The highest BCUT2D eigenvalue weighted by Gasteiger charge is 2.14. The molecule has 0 saturated carbocycles. The Hall–Kier alpha value is -1.33. The van der Waals surface area contributed by atoms with Gasteiger partial charge in [-0.25, -0.2) is 4.39 Å². The number of carbonyl (C=O) groups excluding carboxylic acids is 1. The van der Waals surface area contributed by atoms with Gasteiger partial charge in [0.15, 0.2) is 4.67 Å². The number of furan rings is 1. The number of carbonyl (C=O) groups is 1. The normalized spacial score (nSPS) is 10.3. The van der Waals surface area contributed by atoms with Gasteiger partial charge in [0.1, 0.15) is 5.82 Å². The van der Waals surface area contributed by atoms with E-state index in [4.69, 9.17) is 16.0 Å². The predicted octanol–water partition coefficient (Wildman–Crippen LogP) is 4.09. The molecule has 0 fully saturated rings. The average molecular weight is 319 g/mol. The number of hydrogen-bond donors (Lipinski definition) is 1. The number of nitrogens with one attached hydrogen (secondary N) is 1. The Morgan fingerprint density at radius 1 is 1.41 bits per heavy atom. The lowest BCUT2D eigenvalue weighted by atomic mass is 10.2. The van der Waals surface area contributed by atoms with Gasteiger partial charge in [0, 0.05) is 0 Å². The summed E-state index contributed by atoms with van der Waals surface area (Å²) in [7, 11) is 0. The summed E-state index contributed by atoms with van der Waals surface area (Å²) in [5, 5.41) is 2.69. The molecule has 0 radical (unpaired) electrons. The summed E-state index contributed by atoms with van der Waals surface area (Å²) in [6, 6.07) is 5.24. The molecule has 1 aromatic carbocycles. The van der Waals surface area contributed by atoms with Crippen molar-refractivity contribution in [3.05, 3.63) is 51.6 Å². The third-order valence-electron chi connectivity index (χ3n) is 2.04. The molecule has 1 N–H and O–H groups in total. The van der Waals surface area contributed by atoms with E-state index in [0.29, 0.717) is 15.9 Å². The molecular formula is C11H6BrClFNO2. The molecule has 0 unspecified atom stereocenters. The van der Waals surface area contributed by atoms with E-state index in [-0.39, 0.29) is 10.9 Å². The molecule has 1 aromatic heterocycles. The minimum Gasteiger partial charge on any atom is -0.457 e. The van der Waals surface area contributed by atoms with Gasteiger partial charge in [-0.2, -0.15) is 0 Å². The summed E-state index contributed by atoms with van der Waals surface area (Å²) < 4.78 is 18.1. The Labute approximate surface area is 110 Å². The van der Waals surface area contributed by atoms with Crippen molar-refractivity contribution >= 4 is 39.1 Å². The van der Waals surface area contributed by atoms with E-state index in [0.717, 1.165) is 6.07 Å². The zero-order valence-corrected chi connectivity index (χ0v) is 10.7. The van der Waals surface area contributed by atoms with Crippen LogP contribution in [0, 0.1) is 5.82 Å². The quantitative estimate of drug-likeness (QED) is 0.906. The fraction of sp³-hybridized carbons (Fsp3) is 0. The fourth-order valence-electron chi connectivity index (χ4n) is 1.24. The third-order valence-corrected chi connectivity index (χ3v) is 2.97. The van der Waals surface area contributed by atoms with Crippen LogP contribution < -0.4 is 5.32 Å². The van der Waals surface area contributed by atoms with Crippen LogP contribution in [0.15, 0.2) is 39.6 Å². The highest BCUT2D eigenvalue weighted by Crippen LogP contribution is 2.24. The van der Waals surface area contributed by atoms with Crippen LogP contribution in [-0.4, -0.2) is 5.91 Å².